The standard InChI is InChI=1S/C28H34N2.2ClH.Co/c1-19(2)24-15-11-16-25(20(3)4)28(24)29(7)18-23-14-10-17-26(30(23)8)27-21(5)12-9-13-22(27)6;;;/h9-20H,7-8H2,1-6H3;2*1H;/q;;;+2/p-2. The molecule has 0 spiro atoms. The first-order chi connectivity index (χ1) is 15.6. The predicted octanol–water partition coefficient (Wildman–Crippen LogP) is 8.29. The molecule has 0 atom stereocenters. The average Bonchev–Trinajstić information content (AvgIpc) is 2.76. The van der Waals surface area contributed by atoms with E-state index in [0.29, 0.717) is 24.7 Å². The van der Waals surface area contributed by atoms with Crippen LogP contribution in [-0.4, -0.2) is 22.6 Å². The molecule has 0 saturated carbocycles. The van der Waals surface area contributed by atoms with Crippen molar-refractivity contribution in [2.24, 2.45) is 0 Å². The summed E-state index contributed by atoms with van der Waals surface area (Å²) in [6.07, 6.45) is 6.32. The Bertz CT molecular complexity index is 1020. The summed E-state index contributed by atoms with van der Waals surface area (Å²) in [7, 11) is 9.47. The first-order valence-electron chi connectivity index (χ1n) is 11.0. The minimum atomic E-state index is 0.382. The van der Waals surface area contributed by atoms with E-state index in [1.54, 1.807) is 0 Å². The summed E-state index contributed by atoms with van der Waals surface area (Å²) in [6.45, 7) is 24.1. The van der Waals surface area contributed by atoms with E-state index < -0.39 is 0 Å². The summed E-state index contributed by atoms with van der Waals surface area (Å²) >= 11 is 0.382. The summed E-state index contributed by atoms with van der Waals surface area (Å²) in [4.78, 5) is 0. The van der Waals surface area contributed by atoms with Gasteiger partial charge in [0.2, 0.25) is 0 Å². The van der Waals surface area contributed by atoms with Crippen molar-refractivity contribution in [2.45, 2.75) is 53.4 Å². The zero-order valence-corrected chi connectivity index (χ0v) is 22.9. The molecular weight excluding hydrogens is 494 g/mol. The Morgan fingerprint density at radius 1 is 0.970 bits per heavy atom. The summed E-state index contributed by atoms with van der Waals surface area (Å²) in [5, 5.41) is 0. The molecule has 33 heavy (non-hydrogen) atoms. The quantitative estimate of drug-likeness (QED) is 0.202. The fourth-order valence-electron chi connectivity index (χ4n) is 4.17. The van der Waals surface area contributed by atoms with Crippen LogP contribution in [0.4, 0.5) is 5.69 Å². The van der Waals surface area contributed by atoms with E-state index in [1.807, 2.05) is 9.15 Å². The van der Waals surface area contributed by atoms with E-state index in [-0.39, 0.29) is 0 Å². The molecule has 0 unspecified atom stereocenters. The maximum absolute atomic E-state index is 4.73. The van der Waals surface area contributed by atoms with Crippen molar-refractivity contribution in [1.29, 1.82) is 0 Å². The predicted molar refractivity (Wildman–Crippen MR) is 141 cm³/mol. The fraction of sp³-hybridized carbons (Fsp3) is 0.286. The first-order valence-corrected chi connectivity index (χ1v) is 13.8. The fourth-order valence-corrected chi connectivity index (χ4v) is 4.17. The molecule has 3 rings (SSSR count). The Morgan fingerprint density at radius 2 is 1.45 bits per heavy atom. The number of halogens is 2. The number of hydrogen-bond donors (Lipinski definition) is 0. The zero-order valence-electron chi connectivity index (χ0n) is 20.3. The van der Waals surface area contributed by atoms with Gasteiger partial charge < -0.3 is 4.58 Å². The molecular formula is C28H34Cl2CoN2. The summed E-state index contributed by atoms with van der Waals surface area (Å²) in [5.74, 6) is 0.841. The number of benzene rings is 2. The average molecular weight is 528 g/mol. The topological polar surface area (TPSA) is 6.02 Å². The molecule has 1 heterocycles. The number of nitrogens with zero attached hydrogens (tertiary/aromatic N) is 2. The van der Waals surface area contributed by atoms with E-state index in [9.17, 15) is 0 Å². The molecule has 2 aromatic carbocycles. The number of aryl methyl sites for hydroxylation is 2. The van der Waals surface area contributed by atoms with Crippen molar-refractivity contribution >= 4 is 45.1 Å². The number of rotatable bonds is 6. The Balaban J connectivity index is 0.00000122. The van der Waals surface area contributed by atoms with Gasteiger partial charge in [-0.05, 0) is 47.9 Å². The van der Waals surface area contributed by atoms with Crippen LogP contribution in [0.1, 0.15) is 67.3 Å². The maximum atomic E-state index is 4.73. The molecule has 5 heteroatoms. The van der Waals surface area contributed by atoms with Gasteiger partial charge in [0.15, 0.2) is 0 Å². The molecule has 0 fully saturated rings. The van der Waals surface area contributed by atoms with Crippen LogP contribution in [0.5, 0.6) is 0 Å². The second-order valence-corrected chi connectivity index (χ2v) is 10.5. The van der Waals surface area contributed by atoms with Gasteiger partial charge in [0.1, 0.15) is 17.4 Å². The molecule has 1 aliphatic heterocycles. The van der Waals surface area contributed by atoms with Crippen LogP contribution < -0.4 is 0 Å². The van der Waals surface area contributed by atoms with Gasteiger partial charge in [-0.2, -0.15) is 0 Å². The SMILES string of the molecule is C=[N+]([CH-][C-]1C=CC=C(c2c(C)cccc2C)[N+]1=C)c1c(C(C)C)cccc1C(C)C.[Cl][Co][Cl]. The van der Waals surface area contributed by atoms with Gasteiger partial charge in [-0.3, -0.25) is 4.58 Å². The first kappa shape index (κ1) is 27.3. The Morgan fingerprint density at radius 3 is 1.94 bits per heavy atom. The van der Waals surface area contributed by atoms with Crippen LogP contribution in [-0.2, 0) is 12.9 Å². The van der Waals surface area contributed by atoms with Crippen molar-refractivity contribution in [1.82, 2.24) is 0 Å². The van der Waals surface area contributed by atoms with E-state index in [2.05, 4.69) is 116 Å². The van der Waals surface area contributed by atoms with Crippen molar-refractivity contribution in [3.8, 4) is 0 Å². The van der Waals surface area contributed by atoms with Crippen LogP contribution in [0.25, 0.3) is 5.70 Å². The molecule has 179 valence electrons. The monoisotopic (exact) mass is 527 g/mol. The van der Waals surface area contributed by atoms with Crippen molar-refractivity contribution in [2.75, 3.05) is 0 Å². The van der Waals surface area contributed by atoms with Gasteiger partial charge in [-0.1, -0.05) is 76.2 Å². The van der Waals surface area contributed by atoms with Crippen LogP contribution in [0.3, 0.4) is 0 Å². The molecule has 2 nitrogen and oxygen atoms in total. The molecule has 0 saturated heterocycles. The molecule has 0 bridgehead atoms. The minimum absolute atomic E-state index is 0.382. The van der Waals surface area contributed by atoms with Crippen molar-refractivity contribution < 1.29 is 22.0 Å². The van der Waals surface area contributed by atoms with Crippen molar-refractivity contribution in [3.63, 3.8) is 0 Å². The third-order valence-electron chi connectivity index (χ3n) is 5.78. The molecule has 0 N–H and O–H groups in total. The number of para-hydroxylation sites is 1. The molecule has 0 aromatic heterocycles. The van der Waals surface area contributed by atoms with Gasteiger partial charge in [-0.15, -0.1) is 6.08 Å². The van der Waals surface area contributed by atoms with Gasteiger partial charge in [0.05, 0.1) is 13.3 Å². The molecule has 0 amide bonds. The van der Waals surface area contributed by atoms with Gasteiger partial charge >= 0.3 is 33.2 Å². The van der Waals surface area contributed by atoms with Gasteiger partial charge in [0, 0.05) is 12.3 Å². The normalized spacial score (nSPS) is 13.2. The van der Waals surface area contributed by atoms with Crippen LogP contribution in [0, 0.1) is 26.4 Å². The molecule has 1 aliphatic rings. The van der Waals surface area contributed by atoms with E-state index >= 15 is 0 Å². The van der Waals surface area contributed by atoms with E-state index in [1.165, 1.54) is 33.5 Å². The second kappa shape index (κ2) is 12.5. The summed E-state index contributed by atoms with van der Waals surface area (Å²) in [6, 6.07) is 14.0. The molecule has 0 radical (unpaired) electrons. The number of hydrogen-bond acceptors (Lipinski definition) is 0. The zero-order chi connectivity index (χ0) is 24.7. The van der Waals surface area contributed by atoms with Crippen LogP contribution in [0.15, 0.2) is 54.6 Å². The van der Waals surface area contributed by atoms with E-state index in [0.717, 1.165) is 11.7 Å². The summed E-state index contributed by atoms with van der Waals surface area (Å²) < 4.78 is 4.04. The third-order valence-corrected chi connectivity index (χ3v) is 5.78. The van der Waals surface area contributed by atoms with Crippen molar-refractivity contribution in [3.05, 3.63) is 95.0 Å². The number of allylic oxidation sites excluding steroid dienone is 2. The molecule has 0 aliphatic carbocycles. The van der Waals surface area contributed by atoms with Gasteiger partial charge in [0.25, 0.3) is 0 Å². The Kier molecular flexibility index (Phi) is 10.4. The second-order valence-electron chi connectivity index (χ2n) is 8.77. The van der Waals surface area contributed by atoms with Gasteiger partial charge in [-0.25, -0.2) is 0 Å². The Hall–Kier alpha value is -1.91. The van der Waals surface area contributed by atoms with Crippen LogP contribution in [0.2, 0.25) is 0 Å². The third kappa shape index (κ3) is 6.57. The van der Waals surface area contributed by atoms with Crippen LogP contribution >= 0.6 is 20.3 Å². The Labute approximate surface area is 214 Å². The summed E-state index contributed by atoms with van der Waals surface area (Å²) in [5.41, 5.74) is 8.67. The van der Waals surface area contributed by atoms with E-state index in [4.69, 9.17) is 20.3 Å². The molecule has 2 aromatic rings.